The van der Waals surface area contributed by atoms with Crippen LogP contribution < -0.4 is 11.1 Å². The summed E-state index contributed by atoms with van der Waals surface area (Å²) in [5.41, 5.74) is 6.37. The van der Waals surface area contributed by atoms with Gasteiger partial charge in [-0.05, 0) is 18.2 Å². The number of benzene rings is 1. The van der Waals surface area contributed by atoms with E-state index in [0.29, 0.717) is 5.69 Å². The molecular weight excluding hydrogens is 259 g/mol. The van der Waals surface area contributed by atoms with Gasteiger partial charge in [0.15, 0.2) is 5.69 Å². The predicted molar refractivity (Wildman–Crippen MR) is 67.0 cm³/mol. The highest BCUT2D eigenvalue weighted by Gasteiger charge is 2.14. The van der Waals surface area contributed by atoms with Crippen LogP contribution in [-0.2, 0) is 7.05 Å². The highest BCUT2D eigenvalue weighted by Crippen LogP contribution is 2.20. The second kappa shape index (κ2) is 4.66. The molecule has 0 radical (unpaired) electrons. The molecule has 0 aliphatic carbocycles. The van der Waals surface area contributed by atoms with Crippen molar-refractivity contribution in [1.82, 2.24) is 9.78 Å². The molecule has 0 saturated heterocycles. The van der Waals surface area contributed by atoms with Gasteiger partial charge in [0.2, 0.25) is 0 Å². The Morgan fingerprint density at radius 3 is 2.83 bits per heavy atom. The third kappa shape index (κ3) is 2.43. The molecule has 0 saturated carbocycles. The third-order valence-corrected chi connectivity index (χ3v) is 2.54. The number of aromatic nitrogens is 2. The van der Waals surface area contributed by atoms with Crippen molar-refractivity contribution in [3.63, 3.8) is 0 Å². The lowest BCUT2D eigenvalue weighted by atomic mass is 10.3. The van der Waals surface area contributed by atoms with Crippen molar-refractivity contribution < 1.29 is 9.18 Å². The van der Waals surface area contributed by atoms with E-state index in [0.717, 1.165) is 0 Å². The van der Waals surface area contributed by atoms with Gasteiger partial charge in [-0.25, -0.2) is 4.39 Å². The Balaban J connectivity index is 2.21. The number of aryl methyl sites for hydroxylation is 1. The molecule has 0 spiro atoms. The summed E-state index contributed by atoms with van der Waals surface area (Å²) in [7, 11) is 1.65. The average molecular weight is 269 g/mol. The van der Waals surface area contributed by atoms with Crippen LogP contribution in [0.3, 0.4) is 0 Å². The Labute approximate surface area is 107 Å². The molecule has 2 aromatic rings. The van der Waals surface area contributed by atoms with E-state index in [2.05, 4.69) is 10.4 Å². The molecule has 1 aromatic heterocycles. The van der Waals surface area contributed by atoms with Gasteiger partial charge in [0, 0.05) is 18.9 Å². The van der Waals surface area contributed by atoms with Crippen LogP contribution in [0.4, 0.5) is 15.8 Å². The smallest absolute Gasteiger partial charge is 0.278 e. The molecule has 0 bridgehead atoms. The number of anilines is 2. The first-order chi connectivity index (χ1) is 8.47. The standard InChI is InChI=1S/C11H10ClFN4O/c1-17-5-9(14)10(16-17)11(18)15-6-2-3-8(13)7(12)4-6/h2-5H,14H2,1H3,(H,15,18). The number of rotatable bonds is 2. The summed E-state index contributed by atoms with van der Waals surface area (Å²) in [6.45, 7) is 0. The van der Waals surface area contributed by atoms with Crippen molar-refractivity contribution in [2.75, 3.05) is 11.1 Å². The lowest BCUT2D eigenvalue weighted by molar-refractivity contribution is 0.102. The van der Waals surface area contributed by atoms with Gasteiger partial charge in [-0.3, -0.25) is 9.48 Å². The first-order valence-corrected chi connectivity index (χ1v) is 5.40. The zero-order chi connectivity index (χ0) is 13.3. The molecular formula is C11H10ClFN4O. The fourth-order valence-corrected chi connectivity index (χ4v) is 1.63. The highest BCUT2D eigenvalue weighted by atomic mass is 35.5. The summed E-state index contributed by atoms with van der Waals surface area (Å²) in [5.74, 6) is -1.03. The minimum absolute atomic E-state index is 0.0678. The number of nitrogens with two attached hydrogens (primary N) is 1. The second-order valence-electron chi connectivity index (χ2n) is 3.69. The van der Waals surface area contributed by atoms with Crippen molar-refractivity contribution in [2.45, 2.75) is 0 Å². The summed E-state index contributed by atoms with van der Waals surface area (Å²) < 4.78 is 14.4. The molecule has 5 nitrogen and oxygen atoms in total. The number of nitrogens with one attached hydrogen (secondary N) is 1. The predicted octanol–water partition coefficient (Wildman–Crippen LogP) is 2.05. The number of amides is 1. The molecule has 7 heteroatoms. The Hall–Kier alpha value is -2.08. The van der Waals surface area contributed by atoms with Crippen molar-refractivity contribution >= 4 is 28.9 Å². The summed E-state index contributed by atoms with van der Waals surface area (Å²) in [5, 5.41) is 6.39. The summed E-state index contributed by atoms with van der Waals surface area (Å²) in [4.78, 5) is 11.8. The second-order valence-corrected chi connectivity index (χ2v) is 4.10. The highest BCUT2D eigenvalue weighted by molar-refractivity contribution is 6.31. The van der Waals surface area contributed by atoms with Crippen LogP contribution in [-0.4, -0.2) is 15.7 Å². The number of carbonyl (C=O) groups is 1. The van der Waals surface area contributed by atoms with Gasteiger partial charge in [-0.15, -0.1) is 0 Å². The number of carbonyl (C=O) groups excluding carboxylic acids is 1. The van der Waals surface area contributed by atoms with Crippen LogP contribution in [0.25, 0.3) is 0 Å². The molecule has 0 unspecified atom stereocenters. The molecule has 0 atom stereocenters. The maximum absolute atomic E-state index is 12.9. The van der Waals surface area contributed by atoms with Gasteiger partial charge < -0.3 is 11.1 Å². The molecule has 0 aliphatic heterocycles. The van der Waals surface area contributed by atoms with Gasteiger partial charge in [0.25, 0.3) is 5.91 Å². The zero-order valence-corrected chi connectivity index (χ0v) is 10.2. The van der Waals surface area contributed by atoms with Gasteiger partial charge >= 0.3 is 0 Å². The van der Waals surface area contributed by atoms with Crippen LogP contribution in [0.2, 0.25) is 5.02 Å². The van der Waals surface area contributed by atoms with Crippen molar-refractivity contribution in [3.8, 4) is 0 Å². The van der Waals surface area contributed by atoms with Gasteiger partial charge in [-0.1, -0.05) is 11.6 Å². The SMILES string of the molecule is Cn1cc(N)c(C(=O)Nc2ccc(F)c(Cl)c2)n1. The number of nitrogen functional groups attached to an aromatic ring is 1. The average Bonchev–Trinajstić information content (AvgIpc) is 2.63. The minimum Gasteiger partial charge on any atom is -0.396 e. The molecule has 2 rings (SSSR count). The van der Waals surface area contributed by atoms with Crippen LogP contribution in [0.1, 0.15) is 10.5 Å². The number of halogens is 2. The monoisotopic (exact) mass is 268 g/mol. The maximum atomic E-state index is 12.9. The van der Waals surface area contributed by atoms with E-state index in [1.54, 1.807) is 7.05 Å². The Bertz CT molecular complexity index is 611. The van der Waals surface area contributed by atoms with E-state index in [-0.39, 0.29) is 16.4 Å². The molecule has 1 amide bonds. The maximum Gasteiger partial charge on any atom is 0.278 e. The Kier molecular flexibility index (Phi) is 3.20. The van der Waals surface area contributed by atoms with Crippen LogP contribution in [0.15, 0.2) is 24.4 Å². The zero-order valence-electron chi connectivity index (χ0n) is 9.45. The lowest BCUT2D eigenvalue weighted by Crippen LogP contribution is -2.14. The van der Waals surface area contributed by atoms with E-state index in [1.807, 2.05) is 0 Å². The lowest BCUT2D eigenvalue weighted by Gasteiger charge is -2.04. The fourth-order valence-electron chi connectivity index (χ4n) is 1.45. The largest absolute Gasteiger partial charge is 0.396 e. The number of hydrogen-bond donors (Lipinski definition) is 2. The molecule has 94 valence electrons. The first kappa shape index (κ1) is 12.4. The van der Waals surface area contributed by atoms with E-state index >= 15 is 0 Å². The van der Waals surface area contributed by atoms with Gasteiger partial charge in [-0.2, -0.15) is 5.10 Å². The van der Waals surface area contributed by atoms with Gasteiger partial charge in [0.1, 0.15) is 5.82 Å². The van der Waals surface area contributed by atoms with Crippen molar-refractivity contribution in [1.29, 1.82) is 0 Å². The van der Waals surface area contributed by atoms with E-state index < -0.39 is 11.7 Å². The minimum atomic E-state index is -0.549. The third-order valence-electron chi connectivity index (χ3n) is 2.25. The Morgan fingerprint density at radius 2 is 2.28 bits per heavy atom. The molecule has 1 aromatic carbocycles. The molecule has 0 fully saturated rings. The normalized spacial score (nSPS) is 10.4. The van der Waals surface area contributed by atoms with Gasteiger partial charge in [0.05, 0.1) is 10.7 Å². The molecule has 1 heterocycles. The Morgan fingerprint density at radius 1 is 1.56 bits per heavy atom. The summed E-state index contributed by atoms with van der Waals surface area (Å²) in [6, 6.07) is 3.88. The van der Waals surface area contributed by atoms with E-state index in [9.17, 15) is 9.18 Å². The fraction of sp³-hybridized carbons (Fsp3) is 0.0909. The molecule has 0 aliphatic rings. The quantitative estimate of drug-likeness (QED) is 0.875. The topological polar surface area (TPSA) is 72.9 Å². The molecule has 18 heavy (non-hydrogen) atoms. The van der Waals surface area contributed by atoms with E-state index in [1.165, 1.54) is 29.1 Å². The number of nitrogens with zero attached hydrogens (tertiary/aromatic N) is 2. The van der Waals surface area contributed by atoms with Crippen LogP contribution in [0.5, 0.6) is 0 Å². The van der Waals surface area contributed by atoms with Crippen molar-refractivity contribution in [3.05, 3.63) is 40.9 Å². The molecule has 3 N–H and O–H groups in total. The summed E-state index contributed by atoms with van der Waals surface area (Å²) >= 11 is 5.61. The summed E-state index contributed by atoms with van der Waals surface area (Å²) in [6.07, 6.45) is 1.52. The van der Waals surface area contributed by atoms with Crippen LogP contribution in [0, 0.1) is 5.82 Å². The first-order valence-electron chi connectivity index (χ1n) is 5.03. The van der Waals surface area contributed by atoms with Crippen molar-refractivity contribution in [2.24, 2.45) is 7.05 Å². The van der Waals surface area contributed by atoms with E-state index in [4.69, 9.17) is 17.3 Å². The van der Waals surface area contributed by atoms with Crippen LogP contribution >= 0.6 is 11.6 Å². The number of hydrogen-bond acceptors (Lipinski definition) is 3.